The number of likely N-dealkylation sites (tertiary alicyclic amines) is 2. The number of para-hydroxylation sites is 5. The van der Waals surface area contributed by atoms with E-state index in [-0.39, 0.29) is 73.6 Å². The van der Waals surface area contributed by atoms with Crippen molar-refractivity contribution in [3.05, 3.63) is 267 Å². The van der Waals surface area contributed by atoms with E-state index < -0.39 is 11.8 Å². The van der Waals surface area contributed by atoms with Gasteiger partial charge >= 0.3 is 6.09 Å². The van der Waals surface area contributed by atoms with Crippen molar-refractivity contribution in [3.63, 3.8) is 0 Å². The van der Waals surface area contributed by atoms with Gasteiger partial charge in [-0.2, -0.15) is 15.8 Å². The van der Waals surface area contributed by atoms with Crippen molar-refractivity contribution < 1.29 is 85.6 Å². The van der Waals surface area contributed by atoms with Gasteiger partial charge in [-0.1, -0.05) is 36.4 Å². The third-order valence-corrected chi connectivity index (χ3v) is 20.9. The lowest BCUT2D eigenvalue weighted by Gasteiger charge is -2.28. The summed E-state index contributed by atoms with van der Waals surface area (Å²) in [6, 6.07) is 44.0. The highest BCUT2D eigenvalue weighted by Gasteiger charge is 2.35. The monoisotopic (exact) mass is 1630 g/mol. The first-order chi connectivity index (χ1) is 59.0. The minimum atomic E-state index is -0.553. The van der Waals surface area contributed by atoms with Gasteiger partial charge in [-0.15, -0.1) is 0 Å². The number of nitriles is 3. The summed E-state index contributed by atoms with van der Waals surface area (Å²) in [4.78, 5) is 98.1. The maximum Gasteiger partial charge on any atom is 0.410 e. The Morgan fingerprint density at radius 2 is 0.810 bits per heavy atom. The molecule has 6 unspecified atom stereocenters. The highest BCUT2D eigenvalue weighted by molar-refractivity contribution is 5.97. The number of cyclic esters (lactones) is 1. The van der Waals surface area contributed by atoms with Crippen LogP contribution in [0.3, 0.4) is 0 Å². The number of benzene rings is 5. The number of hydrogen-bond acceptors (Lipinski definition) is 26. The van der Waals surface area contributed by atoms with Gasteiger partial charge in [-0.3, -0.25) is 48.9 Å². The predicted octanol–water partition coefficient (Wildman–Crippen LogP) is 10.5. The zero-order chi connectivity index (χ0) is 83.9. The van der Waals surface area contributed by atoms with Crippen LogP contribution < -0.4 is 58.8 Å². The SMILES string of the molecule is CN1C(=O)CCC1c1cncc(C2COc3c(C#N)cccc3O2)c1.N#Cc1cccc2c1OCC(c1cncc(CN3CCOC3=O)c1)O2.N#Cc1cccc2c1OCC(c1cncc(CN3CCOCC3=O)c1)O2.NC(=O)c1cccc2c1OCC(c1cccnc1)O2.NC(=O)c1cccc2c1OCC(c1cncc(CN3CCCC3=O)c1)O2. The first kappa shape index (κ1) is 81.1. The van der Waals surface area contributed by atoms with Crippen LogP contribution in [0.1, 0.15) is 150 Å². The Labute approximate surface area is 694 Å². The first-order valence-electron chi connectivity index (χ1n) is 38.9. The molecule has 32 heteroatoms. The van der Waals surface area contributed by atoms with Gasteiger partial charge in [-0.25, -0.2) is 4.79 Å². The van der Waals surface area contributed by atoms with Crippen molar-refractivity contribution in [2.45, 2.75) is 81.9 Å². The van der Waals surface area contributed by atoms with Gasteiger partial charge in [0.2, 0.25) is 17.7 Å². The van der Waals surface area contributed by atoms with Crippen LogP contribution in [0.2, 0.25) is 0 Å². The van der Waals surface area contributed by atoms with Crippen LogP contribution in [0.25, 0.3) is 0 Å². The summed E-state index contributed by atoms with van der Waals surface area (Å²) in [7, 11) is 1.83. The molecule has 614 valence electrons. The number of pyridine rings is 5. The Kier molecular flexibility index (Phi) is 25.1. The predicted molar refractivity (Wildman–Crippen MR) is 426 cm³/mol. The lowest BCUT2D eigenvalue weighted by molar-refractivity contribution is -0.143. The van der Waals surface area contributed by atoms with Gasteiger partial charge in [0.25, 0.3) is 11.8 Å². The first-order valence-corrected chi connectivity index (χ1v) is 38.9. The Morgan fingerprint density at radius 1 is 0.413 bits per heavy atom. The van der Waals surface area contributed by atoms with E-state index in [1.165, 1.54) is 0 Å². The van der Waals surface area contributed by atoms with Crippen LogP contribution in [0, 0.1) is 34.0 Å². The van der Waals surface area contributed by atoms with E-state index in [9.17, 15) is 28.8 Å². The number of carbonyl (C=O) groups is 6. The summed E-state index contributed by atoms with van der Waals surface area (Å²) < 4.78 is 68.6. The van der Waals surface area contributed by atoms with Crippen molar-refractivity contribution >= 4 is 35.6 Å². The smallest absolute Gasteiger partial charge is 0.410 e. The van der Waals surface area contributed by atoms with E-state index in [1.54, 1.807) is 168 Å². The number of rotatable bonds is 14. The molecule has 6 amide bonds. The number of primary amides is 2. The molecular weight excluding hydrogens is 1550 g/mol. The molecule has 0 radical (unpaired) electrons. The molecule has 5 aromatic heterocycles. The molecule has 0 aliphatic carbocycles. The van der Waals surface area contributed by atoms with Crippen LogP contribution in [0.5, 0.6) is 57.5 Å². The van der Waals surface area contributed by atoms with E-state index in [0.29, 0.717) is 171 Å². The van der Waals surface area contributed by atoms with Crippen LogP contribution in [-0.4, -0.2) is 160 Å². The lowest BCUT2D eigenvalue weighted by Crippen LogP contribution is -2.41. The molecule has 5 aromatic carbocycles. The Morgan fingerprint density at radius 3 is 1.21 bits per heavy atom. The van der Waals surface area contributed by atoms with Crippen molar-refractivity contribution in [1.82, 2.24) is 44.5 Å². The van der Waals surface area contributed by atoms with Crippen molar-refractivity contribution in [2.75, 3.05) is 79.5 Å². The van der Waals surface area contributed by atoms with Crippen LogP contribution in [-0.2, 0) is 43.5 Å². The Balaban J connectivity index is 0.000000118. The minimum absolute atomic E-state index is 0.0168. The van der Waals surface area contributed by atoms with Gasteiger partial charge in [0.1, 0.15) is 64.5 Å². The number of amides is 6. The quantitative estimate of drug-likeness (QED) is 0.102. The summed E-state index contributed by atoms with van der Waals surface area (Å²) >= 11 is 0. The number of ether oxygens (including phenoxy) is 12. The van der Waals surface area contributed by atoms with Gasteiger partial charge in [0.15, 0.2) is 88.0 Å². The molecule has 14 heterocycles. The second-order valence-corrected chi connectivity index (χ2v) is 28.9. The average Bonchev–Trinajstić information content (AvgIpc) is 1.77. The molecule has 4 saturated heterocycles. The number of hydrogen-bond donors (Lipinski definition) is 2. The zero-order valence-corrected chi connectivity index (χ0v) is 65.5. The molecule has 19 rings (SSSR count). The number of nitrogens with two attached hydrogens (primary N) is 2. The molecular formula is C89H80N14O18. The molecule has 4 N–H and O–H groups in total. The van der Waals surface area contributed by atoms with Gasteiger partial charge < -0.3 is 87.9 Å². The van der Waals surface area contributed by atoms with Crippen molar-refractivity contribution in [1.29, 1.82) is 15.8 Å². The molecule has 9 aliphatic heterocycles. The summed E-state index contributed by atoms with van der Waals surface area (Å²) in [6.07, 6.45) is 18.5. The summed E-state index contributed by atoms with van der Waals surface area (Å²) in [6.45, 7) is 6.02. The second-order valence-electron chi connectivity index (χ2n) is 28.9. The fourth-order valence-corrected chi connectivity index (χ4v) is 14.7. The summed E-state index contributed by atoms with van der Waals surface area (Å²) in [5, 5.41) is 27.4. The van der Waals surface area contributed by atoms with Gasteiger partial charge in [0, 0.05) is 136 Å². The van der Waals surface area contributed by atoms with Crippen LogP contribution in [0.15, 0.2) is 189 Å². The normalized spacial score (nSPS) is 19.2. The highest BCUT2D eigenvalue weighted by Crippen LogP contribution is 2.45. The fourth-order valence-electron chi connectivity index (χ4n) is 14.7. The lowest BCUT2D eigenvalue weighted by atomic mass is 10.0. The molecule has 121 heavy (non-hydrogen) atoms. The summed E-state index contributed by atoms with van der Waals surface area (Å²) in [5.74, 6) is 4.15. The Bertz CT molecular complexity index is 5680. The molecule has 0 spiro atoms. The number of nitrogens with zero attached hydrogens (tertiary/aromatic N) is 12. The molecule has 0 bridgehead atoms. The van der Waals surface area contributed by atoms with E-state index in [2.05, 4.69) is 43.1 Å². The molecule has 10 aromatic rings. The molecule has 4 fully saturated rings. The summed E-state index contributed by atoms with van der Waals surface area (Å²) in [5.41, 5.74) is 20.9. The number of aromatic nitrogens is 5. The van der Waals surface area contributed by atoms with Crippen LogP contribution in [0.4, 0.5) is 4.79 Å². The fraction of sp³-hybridized carbons (Fsp3) is 0.281. The standard InChI is InChI=1S/C19H19N3O4.C19H17N3O4.C19H17N3O3.C18H15N3O4.C14H12N2O3/c20-19(24)14-3-1-4-15-18(14)25-11-16(26-15)13-7-12(8-21-9-13)10-22-6-2-5-17(22)23;20-7-14-2-1-3-16-19(14)25-11-17(26-16)15-6-13(8-21-9-15)10-22-4-5-24-12-18(22)23;1-22-15(5-6-18(22)23)13-7-14(10-21-9-13)17-11-24-19-12(8-20)3-2-4-16(19)25-17;19-7-13-2-1-3-15-17(13)24-11-16(25-15)14-6-12(8-20-9-14)10-21-4-5-23-18(21)22;15-14(17)10-4-1-5-11-13(10)18-8-12(19-11)9-3-2-6-16-7-9/h1,3-4,7-9,16H,2,5-6,10-11H2,(H2,20,24);1-3,6,8-9,17H,4-5,10-12H2;2-4,7,9-10,15,17H,5-6,11H2,1H3;1-3,6,8-9,16H,4-5,10-11H2;1-7,12H,8H2,(H2,15,17). The van der Waals surface area contributed by atoms with Crippen molar-refractivity contribution in [3.8, 4) is 75.7 Å². The van der Waals surface area contributed by atoms with Crippen LogP contribution >= 0.6 is 0 Å². The van der Waals surface area contributed by atoms with E-state index in [0.717, 1.165) is 69.5 Å². The third-order valence-electron chi connectivity index (χ3n) is 20.9. The van der Waals surface area contributed by atoms with Crippen molar-refractivity contribution in [2.24, 2.45) is 11.5 Å². The number of fused-ring (bicyclic) bond motifs is 5. The molecule has 0 saturated carbocycles. The number of morpholine rings is 1. The number of carbonyl (C=O) groups excluding carboxylic acids is 6. The third kappa shape index (κ3) is 19.0. The van der Waals surface area contributed by atoms with E-state index in [1.807, 2.05) is 48.3 Å². The average molecular weight is 1630 g/mol. The topological polar surface area (TPSA) is 414 Å². The van der Waals surface area contributed by atoms with E-state index >= 15 is 0 Å². The van der Waals surface area contributed by atoms with Gasteiger partial charge in [-0.05, 0) is 126 Å². The maximum atomic E-state index is 11.9. The second kappa shape index (κ2) is 37.4. The molecule has 6 atom stereocenters. The molecule has 32 nitrogen and oxygen atoms in total. The maximum absolute atomic E-state index is 11.9. The largest absolute Gasteiger partial charge is 0.485 e. The minimum Gasteiger partial charge on any atom is -0.485 e. The molecule has 9 aliphatic rings. The zero-order valence-electron chi connectivity index (χ0n) is 65.5. The Hall–Kier alpha value is -15.1. The van der Waals surface area contributed by atoms with Gasteiger partial charge in [0.05, 0.1) is 53.6 Å². The highest BCUT2D eigenvalue weighted by atomic mass is 16.6. The van der Waals surface area contributed by atoms with E-state index in [4.69, 9.17) is 84.1 Å².